The normalized spacial score (nSPS) is 52.0. The van der Waals surface area contributed by atoms with Crippen LogP contribution in [-0.4, -0.2) is 33.5 Å². The molecule has 7 atom stereocenters. The molecular weight excluding hydrogens is 316 g/mol. The summed E-state index contributed by atoms with van der Waals surface area (Å²) in [5.74, 6) is 0.776. The molecule has 0 radical (unpaired) electrons. The number of ketones is 2. The van der Waals surface area contributed by atoms with Gasteiger partial charge in [0.05, 0.1) is 6.10 Å². The van der Waals surface area contributed by atoms with Gasteiger partial charge in [0, 0.05) is 11.8 Å². The molecule has 0 aromatic heterocycles. The lowest BCUT2D eigenvalue weighted by atomic mass is 9.45. The number of allylic oxidation sites excluding steroid dienone is 1. The molecule has 0 saturated heterocycles. The first-order chi connectivity index (χ1) is 11.6. The van der Waals surface area contributed by atoms with E-state index in [1.54, 1.807) is 0 Å². The highest BCUT2D eigenvalue weighted by Crippen LogP contribution is 2.67. The second-order valence-electron chi connectivity index (χ2n) is 9.53. The fourth-order valence-electron chi connectivity index (χ4n) is 7.27. The first kappa shape index (κ1) is 17.4. The lowest BCUT2D eigenvalue weighted by Crippen LogP contribution is -2.61. The van der Waals surface area contributed by atoms with Gasteiger partial charge in [0.15, 0.2) is 11.6 Å². The Balaban J connectivity index is 1.75. The molecule has 25 heavy (non-hydrogen) atoms. The molecule has 0 aromatic carbocycles. The van der Waals surface area contributed by atoms with Crippen molar-refractivity contribution in [3.8, 4) is 0 Å². The zero-order chi connectivity index (χ0) is 18.2. The van der Waals surface area contributed by atoms with Gasteiger partial charge in [0.25, 0.3) is 0 Å². The number of rotatable bonds is 1. The Bertz CT molecular complexity index is 667. The third kappa shape index (κ3) is 2.07. The van der Waals surface area contributed by atoms with E-state index in [9.17, 15) is 19.8 Å². The molecule has 138 valence electrons. The molecule has 4 aliphatic carbocycles. The van der Waals surface area contributed by atoms with Gasteiger partial charge in [0.1, 0.15) is 5.60 Å². The van der Waals surface area contributed by atoms with Gasteiger partial charge in [-0.15, -0.1) is 0 Å². The van der Waals surface area contributed by atoms with Crippen molar-refractivity contribution in [3.05, 3.63) is 11.6 Å². The zero-order valence-corrected chi connectivity index (χ0v) is 15.5. The number of carbonyl (C=O) groups excluding carboxylic acids is 2. The van der Waals surface area contributed by atoms with Crippen LogP contribution in [0.2, 0.25) is 0 Å². The van der Waals surface area contributed by atoms with Crippen molar-refractivity contribution in [1.82, 2.24) is 0 Å². The minimum atomic E-state index is -1.30. The Kier molecular flexibility index (Phi) is 3.66. The first-order valence-electron chi connectivity index (χ1n) is 9.79. The van der Waals surface area contributed by atoms with E-state index in [4.69, 9.17) is 0 Å². The fourth-order valence-corrected chi connectivity index (χ4v) is 7.27. The SMILES string of the molecule is CC(=O)[C@]1(O)CC[C@H]2[C@@H]3CCC4=CC(=O)CC[C@]4(C)[C@H]3C(O)C[C@@]21C. The standard InChI is InChI=1S/C21H30O4/c1-12(22)21(25)9-7-16-15-5-4-13-10-14(23)6-8-19(13,2)18(15)17(24)11-20(16,21)3/h10,15-18,24-25H,4-9,11H2,1-3H3/t15-,16-,17?,18+,19-,20-,21+/m0/s1. The number of hydrogen-bond acceptors (Lipinski definition) is 4. The topological polar surface area (TPSA) is 74.6 Å². The quantitative estimate of drug-likeness (QED) is 0.766. The van der Waals surface area contributed by atoms with Crippen LogP contribution in [0, 0.1) is 28.6 Å². The summed E-state index contributed by atoms with van der Waals surface area (Å²) in [6.45, 7) is 5.73. The van der Waals surface area contributed by atoms with Crippen LogP contribution in [0.25, 0.3) is 0 Å². The van der Waals surface area contributed by atoms with E-state index in [0.717, 1.165) is 25.7 Å². The van der Waals surface area contributed by atoms with Gasteiger partial charge < -0.3 is 10.2 Å². The molecule has 0 amide bonds. The number of aliphatic hydroxyl groups excluding tert-OH is 1. The van der Waals surface area contributed by atoms with Gasteiger partial charge in [-0.3, -0.25) is 9.59 Å². The molecular formula is C21H30O4. The van der Waals surface area contributed by atoms with E-state index in [1.807, 2.05) is 13.0 Å². The first-order valence-corrected chi connectivity index (χ1v) is 9.79. The lowest BCUT2D eigenvalue weighted by molar-refractivity contribution is -0.179. The number of carbonyl (C=O) groups is 2. The lowest BCUT2D eigenvalue weighted by Gasteiger charge is -2.60. The molecule has 4 heteroatoms. The smallest absolute Gasteiger partial charge is 0.161 e. The Morgan fingerprint density at radius 2 is 1.92 bits per heavy atom. The maximum Gasteiger partial charge on any atom is 0.161 e. The molecule has 3 saturated carbocycles. The molecule has 4 nitrogen and oxygen atoms in total. The number of Topliss-reactive ketones (excluding diaryl/α,β-unsaturated/α-hetero) is 1. The third-order valence-electron chi connectivity index (χ3n) is 8.63. The van der Waals surface area contributed by atoms with E-state index in [2.05, 4.69) is 6.92 Å². The van der Waals surface area contributed by atoms with Crippen LogP contribution in [0.5, 0.6) is 0 Å². The van der Waals surface area contributed by atoms with E-state index in [-0.39, 0.29) is 28.8 Å². The molecule has 3 fully saturated rings. The summed E-state index contributed by atoms with van der Waals surface area (Å²) in [5.41, 5.74) is -0.744. The number of fused-ring (bicyclic) bond motifs is 5. The van der Waals surface area contributed by atoms with E-state index < -0.39 is 17.1 Å². The summed E-state index contributed by atoms with van der Waals surface area (Å²) in [4.78, 5) is 24.1. The summed E-state index contributed by atoms with van der Waals surface area (Å²) in [6.07, 6.45) is 6.38. The summed E-state index contributed by atoms with van der Waals surface area (Å²) < 4.78 is 0. The van der Waals surface area contributed by atoms with Crippen LogP contribution in [-0.2, 0) is 9.59 Å². The molecule has 0 aliphatic heterocycles. The van der Waals surface area contributed by atoms with E-state index in [0.29, 0.717) is 25.2 Å². The Hall–Kier alpha value is -1.00. The van der Waals surface area contributed by atoms with Crippen LogP contribution in [0.15, 0.2) is 11.6 Å². The van der Waals surface area contributed by atoms with Crippen LogP contribution in [0.4, 0.5) is 0 Å². The van der Waals surface area contributed by atoms with Crippen molar-refractivity contribution < 1.29 is 19.8 Å². The van der Waals surface area contributed by atoms with Gasteiger partial charge in [-0.25, -0.2) is 0 Å². The monoisotopic (exact) mass is 346 g/mol. The van der Waals surface area contributed by atoms with Gasteiger partial charge in [-0.05, 0) is 74.7 Å². The van der Waals surface area contributed by atoms with Crippen LogP contribution in [0.3, 0.4) is 0 Å². The van der Waals surface area contributed by atoms with Crippen molar-refractivity contribution in [2.45, 2.75) is 77.4 Å². The van der Waals surface area contributed by atoms with Crippen LogP contribution >= 0.6 is 0 Å². The average molecular weight is 346 g/mol. The van der Waals surface area contributed by atoms with Gasteiger partial charge in [0.2, 0.25) is 0 Å². The minimum absolute atomic E-state index is 0.117. The summed E-state index contributed by atoms with van der Waals surface area (Å²) in [5, 5.41) is 22.3. The van der Waals surface area contributed by atoms with Crippen LogP contribution in [0.1, 0.15) is 65.7 Å². The second-order valence-corrected chi connectivity index (χ2v) is 9.53. The van der Waals surface area contributed by atoms with Crippen molar-refractivity contribution in [2.24, 2.45) is 28.6 Å². The number of hydrogen-bond donors (Lipinski definition) is 2. The largest absolute Gasteiger partial charge is 0.393 e. The van der Waals surface area contributed by atoms with Crippen molar-refractivity contribution in [2.75, 3.05) is 0 Å². The van der Waals surface area contributed by atoms with Crippen LogP contribution < -0.4 is 0 Å². The van der Waals surface area contributed by atoms with E-state index in [1.165, 1.54) is 12.5 Å². The minimum Gasteiger partial charge on any atom is -0.393 e. The molecule has 0 aromatic rings. The van der Waals surface area contributed by atoms with Gasteiger partial charge in [-0.2, -0.15) is 0 Å². The van der Waals surface area contributed by atoms with Crippen molar-refractivity contribution in [3.63, 3.8) is 0 Å². The van der Waals surface area contributed by atoms with Gasteiger partial charge in [-0.1, -0.05) is 19.4 Å². The molecule has 0 spiro atoms. The highest BCUT2D eigenvalue weighted by molar-refractivity contribution is 5.91. The second kappa shape index (κ2) is 5.26. The predicted octanol–water partition coefficient (Wildman–Crippen LogP) is 2.81. The average Bonchev–Trinajstić information content (AvgIpc) is 2.80. The Morgan fingerprint density at radius 3 is 2.60 bits per heavy atom. The molecule has 2 N–H and O–H groups in total. The predicted molar refractivity (Wildman–Crippen MR) is 93.7 cm³/mol. The molecule has 0 bridgehead atoms. The number of aliphatic hydroxyl groups is 2. The van der Waals surface area contributed by atoms with Crippen molar-refractivity contribution in [1.29, 1.82) is 0 Å². The molecule has 1 unspecified atom stereocenters. The van der Waals surface area contributed by atoms with E-state index >= 15 is 0 Å². The molecule has 0 heterocycles. The highest BCUT2D eigenvalue weighted by Gasteiger charge is 2.67. The zero-order valence-electron chi connectivity index (χ0n) is 15.5. The van der Waals surface area contributed by atoms with Gasteiger partial charge >= 0.3 is 0 Å². The maximum absolute atomic E-state index is 12.2. The van der Waals surface area contributed by atoms with Crippen molar-refractivity contribution >= 4 is 11.6 Å². The highest BCUT2D eigenvalue weighted by atomic mass is 16.3. The molecule has 4 rings (SSSR count). The summed E-state index contributed by atoms with van der Waals surface area (Å²) >= 11 is 0. The fraction of sp³-hybridized carbons (Fsp3) is 0.810. The third-order valence-corrected chi connectivity index (χ3v) is 8.63. The Labute approximate surface area is 149 Å². The summed E-state index contributed by atoms with van der Waals surface area (Å²) in [7, 11) is 0. The Morgan fingerprint density at radius 1 is 1.20 bits per heavy atom. The maximum atomic E-state index is 12.2. The molecule has 4 aliphatic rings. The summed E-state index contributed by atoms with van der Waals surface area (Å²) in [6, 6.07) is 0.